The first-order valence-corrected chi connectivity index (χ1v) is 13.5. The standard InChI is InChI=1S/C29H40N2O6/c1-3-33-15-16-34-21-24-6-4-5-23-18-29(37-28(23)24)9-10-30-19-27(29)36-20-22-7-8-25-26(17-22)35-14-12-31(25)11-13-32-2/h4-8,17,27,30H,3,9-16,18-21H2,1-2H3/t27-,29-/m0/s1. The molecule has 2 atom stereocenters. The maximum atomic E-state index is 6.77. The number of fused-ring (bicyclic) bond motifs is 2. The second-order valence-corrected chi connectivity index (χ2v) is 9.88. The lowest BCUT2D eigenvalue weighted by molar-refractivity contribution is -0.104. The van der Waals surface area contributed by atoms with Gasteiger partial charge in [-0.15, -0.1) is 0 Å². The lowest BCUT2D eigenvalue weighted by Crippen LogP contribution is -2.58. The van der Waals surface area contributed by atoms with Gasteiger partial charge in [-0.2, -0.15) is 0 Å². The van der Waals surface area contributed by atoms with Crippen LogP contribution in [-0.4, -0.2) is 78.0 Å². The number of piperidine rings is 1. The summed E-state index contributed by atoms with van der Waals surface area (Å²) in [6, 6.07) is 12.7. The minimum Gasteiger partial charge on any atom is -0.490 e. The molecule has 2 aromatic rings. The van der Waals surface area contributed by atoms with Crippen molar-refractivity contribution >= 4 is 5.69 Å². The largest absolute Gasteiger partial charge is 0.490 e. The summed E-state index contributed by atoms with van der Waals surface area (Å²) < 4.78 is 35.8. The fourth-order valence-electron chi connectivity index (χ4n) is 5.48. The maximum Gasteiger partial charge on any atom is 0.143 e. The van der Waals surface area contributed by atoms with Gasteiger partial charge in [-0.05, 0) is 36.7 Å². The van der Waals surface area contributed by atoms with Gasteiger partial charge in [0.05, 0.1) is 45.3 Å². The number of nitrogens with zero attached hydrogens (tertiary/aromatic N) is 1. The van der Waals surface area contributed by atoms with E-state index in [2.05, 4.69) is 46.6 Å². The van der Waals surface area contributed by atoms with Crippen molar-refractivity contribution in [2.24, 2.45) is 0 Å². The molecule has 5 rings (SSSR count). The number of anilines is 1. The molecule has 2 aromatic carbocycles. The number of hydrogen-bond donors (Lipinski definition) is 1. The van der Waals surface area contributed by atoms with Gasteiger partial charge in [0.25, 0.3) is 0 Å². The van der Waals surface area contributed by atoms with Crippen LogP contribution in [0.15, 0.2) is 36.4 Å². The average Bonchev–Trinajstić information content (AvgIpc) is 3.30. The van der Waals surface area contributed by atoms with Crippen molar-refractivity contribution in [3.8, 4) is 11.5 Å². The van der Waals surface area contributed by atoms with Gasteiger partial charge in [0, 0.05) is 45.2 Å². The third kappa shape index (κ3) is 6.04. The highest BCUT2D eigenvalue weighted by atomic mass is 16.6. The van der Waals surface area contributed by atoms with E-state index in [1.165, 1.54) is 5.56 Å². The maximum absolute atomic E-state index is 6.77. The summed E-state index contributed by atoms with van der Waals surface area (Å²) in [7, 11) is 1.74. The number of hydrogen-bond acceptors (Lipinski definition) is 8. The monoisotopic (exact) mass is 512 g/mol. The minimum atomic E-state index is -0.364. The molecule has 3 heterocycles. The number of benzene rings is 2. The van der Waals surface area contributed by atoms with Gasteiger partial charge in [-0.3, -0.25) is 0 Å². The average molecular weight is 513 g/mol. The molecule has 3 aliphatic rings. The van der Waals surface area contributed by atoms with E-state index >= 15 is 0 Å². The Morgan fingerprint density at radius 2 is 2.03 bits per heavy atom. The van der Waals surface area contributed by atoms with E-state index in [9.17, 15) is 0 Å². The molecule has 0 aliphatic carbocycles. The molecule has 3 aliphatic heterocycles. The van der Waals surface area contributed by atoms with Crippen molar-refractivity contribution in [1.82, 2.24) is 5.32 Å². The Bertz CT molecular complexity index is 1030. The van der Waals surface area contributed by atoms with Gasteiger partial charge in [-0.1, -0.05) is 24.3 Å². The molecule has 0 saturated carbocycles. The van der Waals surface area contributed by atoms with Crippen molar-refractivity contribution < 1.29 is 28.4 Å². The normalized spacial score (nSPS) is 22.4. The van der Waals surface area contributed by atoms with Crippen LogP contribution in [0.1, 0.15) is 30.0 Å². The molecule has 1 N–H and O–H groups in total. The van der Waals surface area contributed by atoms with E-state index < -0.39 is 0 Å². The van der Waals surface area contributed by atoms with Crippen molar-refractivity contribution in [1.29, 1.82) is 0 Å². The van der Waals surface area contributed by atoms with E-state index in [0.717, 1.165) is 67.3 Å². The number of ether oxygens (including phenoxy) is 6. The van der Waals surface area contributed by atoms with Gasteiger partial charge < -0.3 is 38.6 Å². The number of rotatable bonds is 12. The Balaban J connectivity index is 1.23. The number of methoxy groups -OCH3 is 1. The second-order valence-electron chi connectivity index (χ2n) is 9.88. The van der Waals surface area contributed by atoms with Gasteiger partial charge >= 0.3 is 0 Å². The fourth-order valence-corrected chi connectivity index (χ4v) is 5.48. The minimum absolute atomic E-state index is 0.0597. The Labute approximate surface area is 220 Å². The first-order valence-electron chi connectivity index (χ1n) is 13.5. The zero-order chi connectivity index (χ0) is 25.5. The van der Waals surface area contributed by atoms with Crippen LogP contribution in [0.4, 0.5) is 5.69 Å². The van der Waals surface area contributed by atoms with Gasteiger partial charge in [0.2, 0.25) is 0 Å². The molecule has 1 spiro atoms. The van der Waals surface area contributed by atoms with Crippen LogP contribution in [0.25, 0.3) is 0 Å². The predicted molar refractivity (Wildman–Crippen MR) is 142 cm³/mol. The summed E-state index contributed by atoms with van der Waals surface area (Å²) in [4.78, 5) is 2.31. The van der Waals surface area contributed by atoms with E-state index in [1.54, 1.807) is 7.11 Å². The molecule has 37 heavy (non-hydrogen) atoms. The van der Waals surface area contributed by atoms with Crippen LogP contribution in [0.3, 0.4) is 0 Å². The molecule has 1 fully saturated rings. The smallest absolute Gasteiger partial charge is 0.143 e. The molecule has 1 saturated heterocycles. The van der Waals surface area contributed by atoms with E-state index in [4.69, 9.17) is 28.4 Å². The molecular formula is C29H40N2O6. The zero-order valence-corrected chi connectivity index (χ0v) is 22.1. The van der Waals surface area contributed by atoms with E-state index in [0.29, 0.717) is 46.2 Å². The second kappa shape index (κ2) is 12.5. The molecule has 0 unspecified atom stereocenters. The summed E-state index contributed by atoms with van der Waals surface area (Å²) >= 11 is 0. The third-order valence-corrected chi connectivity index (χ3v) is 7.45. The Morgan fingerprint density at radius 1 is 1.11 bits per heavy atom. The van der Waals surface area contributed by atoms with Crippen LogP contribution < -0.4 is 19.7 Å². The Kier molecular flexibility index (Phi) is 8.84. The molecular weight excluding hydrogens is 472 g/mol. The third-order valence-electron chi connectivity index (χ3n) is 7.45. The highest BCUT2D eigenvalue weighted by Crippen LogP contribution is 2.43. The fraction of sp³-hybridized carbons (Fsp3) is 0.586. The summed E-state index contributed by atoms with van der Waals surface area (Å²) in [6.07, 6.45) is 1.69. The highest BCUT2D eigenvalue weighted by molar-refractivity contribution is 5.61. The summed E-state index contributed by atoms with van der Waals surface area (Å²) in [5, 5.41) is 3.51. The quantitative estimate of drug-likeness (QED) is 0.435. The SMILES string of the molecule is CCOCCOCc1cccc2c1O[C@@]1(CCNC[C@@H]1OCc1ccc3c(c1)OCCN3CCOC)C2. The first kappa shape index (κ1) is 26.3. The molecule has 0 radical (unpaired) electrons. The summed E-state index contributed by atoms with van der Waals surface area (Å²) in [5.41, 5.74) is 4.18. The Hall–Kier alpha value is -2.36. The van der Waals surface area contributed by atoms with Crippen LogP contribution >= 0.6 is 0 Å². The Morgan fingerprint density at radius 3 is 2.92 bits per heavy atom. The molecule has 8 nitrogen and oxygen atoms in total. The van der Waals surface area contributed by atoms with Crippen LogP contribution in [0.5, 0.6) is 11.5 Å². The van der Waals surface area contributed by atoms with E-state index in [1.807, 2.05) is 6.92 Å². The topological polar surface area (TPSA) is 70.7 Å². The van der Waals surface area contributed by atoms with Crippen molar-refractivity contribution in [3.05, 3.63) is 53.1 Å². The first-order chi connectivity index (χ1) is 18.2. The van der Waals surface area contributed by atoms with Crippen molar-refractivity contribution in [3.63, 3.8) is 0 Å². The van der Waals surface area contributed by atoms with Gasteiger partial charge in [0.1, 0.15) is 29.8 Å². The van der Waals surface area contributed by atoms with Crippen LogP contribution in [0.2, 0.25) is 0 Å². The lowest BCUT2D eigenvalue weighted by atomic mass is 9.85. The molecule has 8 heteroatoms. The van der Waals surface area contributed by atoms with Crippen LogP contribution in [-0.2, 0) is 38.6 Å². The van der Waals surface area contributed by atoms with Crippen LogP contribution in [0, 0.1) is 0 Å². The summed E-state index contributed by atoms with van der Waals surface area (Å²) in [5.74, 6) is 1.88. The highest BCUT2D eigenvalue weighted by Gasteiger charge is 2.48. The predicted octanol–water partition coefficient (Wildman–Crippen LogP) is 3.34. The van der Waals surface area contributed by atoms with Crippen molar-refractivity contribution in [2.45, 2.75) is 44.7 Å². The van der Waals surface area contributed by atoms with E-state index in [-0.39, 0.29) is 11.7 Å². The summed E-state index contributed by atoms with van der Waals surface area (Å²) in [6.45, 7) is 9.70. The van der Waals surface area contributed by atoms with Gasteiger partial charge in [-0.25, -0.2) is 0 Å². The molecule has 0 aromatic heterocycles. The van der Waals surface area contributed by atoms with Gasteiger partial charge in [0.15, 0.2) is 0 Å². The zero-order valence-electron chi connectivity index (χ0n) is 22.1. The molecule has 0 amide bonds. The number of nitrogens with one attached hydrogen (secondary N) is 1. The lowest BCUT2D eigenvalue weighted by Gasteiger charge is -2.40. The number of para-hydroxylation sites is 1. The molecule has 202 valence electrons. The molecule has 0 bridgehead atoms. The van der Waals surface area contributed by atoms with Crippen molar-refractivity contribution in [2.75, 3.05) is 71.2 Å².